The van der Waals surface area contributed by atoms with Crippen molar-refractivity contribution in [1.82, 2.24) is 0 Å². The molecular weight excluding hydrogens is 208 g/mol. The molecule has 0 radical (unpaired) electrons. The fourth-order valence-electron chi connectivity index (χ4n) is 0.804. The van der Waals surface area contributed by atoms with Gasteiger partial charge in [-0.2, -0.15) is 10.5 Å². The molecular formula is C8H9ClN2OS. The third-order valence-electron chi connectivity index (χ3n) is 1.61. The van der Waals surface area contributed by atoms with Crippen LogP contribution in [0.5, 0.6) is 0 Å². The Hall–Kier alpha value is -0.710. The van der Waals surface area contributed by atoms with Gasteiger partial charge in [-0.05, 0) is 13.2 Å². The number of alkyl halides is 1. The van der Waals surface area contributed by atoms with E-state index in [0.717, 1.165) is 11.8 Å². The average Bonchev–Trinajstić information content (AvgIpc) is 2.15. The summed E-state index contributed by atoms with van der Waals surface area (Å²) in [5.41, 5.74) is -1.15. The highest BCUT2D eigenvalue weighted by atomic mass is 35.5. The summed E-state index contributed by atoms with van der Waals surface area (Å²) in [6, 6.07) is 3.68. The molecule has 0 N–H and O–H groups in total. The third kappa shape index (κ3) is 3.26. The van der Waals surface area contributed by atoms with Crippen LogP contribution in [-0.2, 0) is 4.79 Å². The van der Waals surface area contributed by atoms with Crippen molar-refractivity contribution >= 4 is 28.5 Å². The van der Waals surface area contributed by atoms with E-state index in [9.17, 15) is 4.79 Å². The second-order valence-electron chi connectivity index (χ2n) is 2.74. The van der Waals surface area contributed by atoms with Gasteiger partial charge in [0, 0.05) is 6.42 Å². The normalized spacial score (nSPS) is 16.4. The van der Waals surface area contributed by atoms with Gasteiger partial charge in [-0.3, -0.25) is 4.79 Å². The summed E-state index contributed by atoms with van der Waals surface area (Å²) < 4.78 is 0. The molecule has 0 spiro atoms. The van der Waals surface area contributed by atoms with Crippen LogP contribution in [0.15, 0.2) is 0 Å². The zero-order valence-electron chi connectivity index (χ0n) is 7.37. The lowest BCUT2D eigenvalue weighted by atomic mass is 9.89. The van der Waals surface area contributed by atoms with E-state index in [1.165, 1.54) is 6.92 Å². The molecule has 2 atom stereocenters. The summed E-state index contributed by atoms with van der Waals surface area (Å²) in [7, 11) is 0. The molecule has 70 valence electrons. The number of hydrogen-bond donors (Lipinski definition) is 0. The number of nitrogens with zero attached hydrogens (tertiary/aromatic N) is 2. The van der Waals surface area contributed by atoms with Crippen molar-refractivity contribution in [1.29, 1.82) is 10.5 Å². The molecule has 0 bridgehead atoms. The molecule has 0 aromatic heterocycles. The maximum Gasteiger partial charge on any atom is 0.208 e. The fourth-order valence-corrected chi connectivity index (χ4v) is 1.69. The summed E-state index contributed by atoms with van der Waals surface area (Å²) in [5.74, 6) is 0. The molecule has 0 saturated carbocycles. The molecule has 0 rings (SSSR count). The van der Waals surface area contributed by atoms with Gasteiger partial charge < -0.3 is 0 Å². The molecule has 5 heteroatoms. The first kappa shape index (κ1) is 12.3. The second-order valence-corrected chi connectivity index (χ2v) is 4.04. The topological polar surface area (TPSA) is 64.7 Å². The van der Waals surface area contributed by atoms with E-state index in [1.807, 2.05) is 6.07 Å². The Labute approximate surface area is 86.7 Å². The van der Waals surface area contributed by atoms with Gasteiger partial charge in [-0.25, -0.2) is 0 Å². The first-order chi connectivity index (χ1) is 6.00. The number of carbonyl (C=O) groups is 1. The van der Waals surface area contributed by atoms with Crippen molar-refractivity contribution in [3.05, 3.63) is 0 Å². The van der Waals surface area contributed by atoms with Crippen molar-refractivity contribution in [2.75, 3.05) is 6.26 Å². The minimum Gasteiger partial charge on any atom is -0.285 e. The number of hydrogen-bond acceptors (Lipinski definition) is 4. The zero-order chi connectivity index (χ0) is 10.5. The monoisotopic (exact) mass is 216 g/mol. The minimum absolute atomic E-state index is 0.0707. The van der Waals surface area contributed by atoms with E-state index in [2.05, 4.69) is 0 Å². The summed E-state index contributed by atoms with van der Waals surface area (Å²) in [4.78, 5) is 11.3. The van der Waals surface area contributed by atoms with Crippen molar-refractivity contribution in [2.24, 2.45) is 5.41 Å². The maximum absolute atomic E-state index is 11.3. The molecule has 0 unspecified atom stereocenters. The molecule has 0 heterocycles. The molecule has 0 aliphatic heterocycles. The van der Waals surface area contributed by atoms with Crippen LogP contribution in [-0.4, -0.2) is 16.7 Å². The third-order valence-corrected chi connectivity index (χ3v) is 2.68. The first-order valence-corrected chi connectivity index (χ1v) is 5.19. The Bertz CT molecular complexity index is 281. The van der Waals surface area contributed by atoms with Gasteiger partial charge in [0.1, 0.15) is 10.8 Å². The number of rotatable bonds is 3. The number of thioether (sulfide) groups is 1. The standard InChI is InChI=1S/C8H9ClN2OS/c1-8(5-11,7(12)13-2)3-6(9)4-10/h6H,3H2,1-2H3/t6-,8+/m1/s1. The van der Waals surface area contributed by atoms with E-state index in [4.69, 9.17) is 22.1 Å². The Morgan fingerprint density at radius 2 is 2.23 bits per heavy atom. The lowest BCUT2D eigenvalue weighted by Gasteiger charge is -2.18. The van der Waals surface area contributed by atoms with Crippen LogP contribution in [0.1, 0.15) is 13.3 Å². The highest BCUT2D eigenvalue weighted by molar-refractivity contribution is 8.13. The van der Waals surface area contributed by atoms with Gasteiger partial charge in [0.2, 0.25) is 5.12 Å². The molecule has 0 aromatic carbocycles. The van der Waals surface area contributed by atoms with Crippen LogP contribution >= 0.6 is 23.4 Å². The van der Waals surface area contributed by atoms with Crippen LogP contribution < -0.4 is 0 Å². The van der Waals surface area contributed by atoms with Crippen molar-refractivity contribution in [3.63, 3.8) is 0 Å². The van der Waals surface area contributed by atoms with Crippen LogP contribution in [0.2, 0.25) is 0 Å². The molecule has 0 aliphatic rings. The Morgan fingerprint density at radius 1 is 1.69 bits per heavy atom. The van der Waals surface area contributed by atoms with Crippen LogP contribution in [0.25, 0.3) is 0 Å². The SMILES string of the molecule is CSC(=O)[C@](C)(C#N)C[C@@H](Cl)C#N. The van der Waals surface area contributed by atoms with Crippen LogP contribution in [0.4, 0.5) is 0 Å². The number of carbonyl (C=O) groups excluding carboxylic acids is 1. The van der Waals surface area contributed by atoms with E-state index in [1.54, 1.807) is 12.3 Å². The molecule has 0 fully saturated rings. The van der Waals surface area contributed by atoms with E-state index in [-0.39, 0.29) is 11.5 Å². The highest BCUT2D eigenvalue weighted by Gasteiger charge is 2.34. The molecule has 0 amide bonds. The van der Waals surface area contributed by atoms with Crippen molar-refractivity contribution in [3.8, 4) is 12.1 Å². The predicted molar refractivity (Wildman–Crippen MR) is 52.1 cm³/mol. The first-order valence-electron chi connectivity index (χ1n) is 3.53. The lowest BCUT2D eigenvalue weighted by molar-refractivity contribution is -0.116. The van der Waals surface area contributed by atoms with Gasteiger partial charge in [0.25, 0.3) is 0 Å². The van der Waals surface area contributed by atoms with Crippen molar-refractivity contribution in [2.45, 2.75) is 18.7 Å². The highest BCUT2D eigenvalue weighted by Crippen LogP contribution is 2.29. The Kier molecular flexibility index (Phi) is 4.83. The van der Waals surface area contributed by atoms with Gasteiger partial charge in [0.05, 0.1) is 12.1 Å². The quantitative estimate of drug-likeness (QED) is 0.677. The van der Waals surface area contributed by atoms with Crippen LogP contribution in [0, 0.1) is 28.1 Å². The number of halogens is 1. The summed E-state index contributed by atoms with van der Waals surface area (Å²) in [6.45, 7) is 1.50. The second kappa shape index (κ2) is 5.11. The van der Waals surface area contributed by atoms with E-state index in [0.29, 0.717) is 0 Å². The van der Waals surface area contributed by atoms with Gasteiger partial charge >= 0.3 is 0 Å². The number of nitriles is 2. The summed E-state index contributed by atoms with van der Waals surface area (Å²) in [5, 5.41) is 16.2. The van der Waals surface area contributed by atoms with Crippen LogP contribution in [0.3, 0.4) is 0 Å². The van der Waals surface area contributed by atoms with Gasteiger partial charge in [-0.1, -0.05) is 11.8 Å². The van der Waals surface area contributed by atoms with Gasteiger partial charge in [-0.15, -0.1) is 11.6 Å². The Balaban J connectivity index is 4.60. The summed E-state index contributed by atoms with van der Waals surface area (Å²) in [6.07, 6.45) is 1.68. The molecule has 0 saturated heterocycles. The molecule has 0 aliphatic carbocycles. The molecule has 13 heavy (non-hydrogen) atoms. The summed E-state index contributed by atoms with van der Waals surface area (Å²) >= 11 is 6.54. The zero-order valence-corrected chi connectivity index (χ0v) is 8.95. The maximum atomic E-state index is 11.3. The Morgan fingerprint density at radius 3 is 2.54 bits per heavy atom. The predicted octanol–water partition coefficient (Wildman–Crippen LogP) is 1.93. The van der Waals surface area contributed by atoms with Crippen molar-refractivity contribution < 1.29 is 4.79 Å². The molecule has 3 nitrogen and oxygen atoms in total. The largest absolute Gasteiger partial charge is 0.285 e. The smallest absolute Gasteiger partial charge is 0.208 e. The average molecular weight is 217 g/mol. The molecule has 0 aromatic rings. The van der Waals surface area contributed by atoms with E-state index >= 15 is 0 Å². The lowest BCUT2D eigenvalue weighted by Crippen LogP contribution is -2.26. The minimum atomic E-state index is -1.15. The van der Waals surface area contributed by atoms with Gasteiger partial charge in [0.15, 0.2) is 0 Å². The fraction of sp³-hybridized carbons (Fsp3) is 0.625. The van der Waals surface area contributed by atoms with E-state index < -0.39 is 10.8 Å².